The lowest BCUT2D eigenvalue weighted by atomic mass is 9.69. The summed E-state index contributed by atoms with van der Waals surface area (Å²) in [6.07, 6.45) is 28.0. The minimum Gasteiger partial charge on any atom is -0.396 e. The third kappa shape index (κ3) is 6.91. The molecule has 1 N–H and O–H groups in total. The molecule has 0 spiro atoms. The predicted molar refractivity (Wildman–Crippen MR) is 117 cm³/mol. The fourth-order valence-corrected chi connectivity index (χ4v) is 6.32. The van der Waals surface area contributed by atoms with E-state index in [0.717, 1.165) is 29.6 Å². The van der Waals surface area contributed by atoms with Crippen molar-refractivity contribution in [1.82, 2.24) is 0 Å². The molecule has 3 saturated carbocycles. The van der Waals surface area contributed by atoms with Gasteiger partial charge in [0, 0.05) is 6.61 Å². The molecule has 0 radical (unpaired) electrons. The number of aliphatic hydroxyl groups excluding tert-OH is 1. The van der Waals surface area contributed by atoms with Crippen LogP contribution in [0.1, 0.15) is 110 Å². The Morgan fingerprint density at radius 1 is 0.630 bits per heavy atom. The van der Waals surface area contributed by atoms with Gasteiger partial charge in [0.2, 0.25) is 0 Å². The van der Waals surface area contributed by atoms with Gasteiger partial charge in [0.1, 0.15) is 0 Å². The van der Waals surface area contributed by atoms with Crippen LogP contribution in [0.2, 0.25) is 0 Å². The van der Waals surface area contributed by atoms with E-state index in [1.165, 1.54) is 103 Å². The van der Waals surface area contributed by atoms with Crippen LogP contribution in [-0.2, 0) is 0 Å². The van der Waals surface area contributed by atoms with Crippen molar-refractivity contribution in [3.63, 3.8) is 0 Å². The van der Waals surface area contributed by atoms with Gasteiger partial charge in [0.15, 0.2) is 0 Å². The molecule has 1 nitrogen and oxygen atoms in total. The van der Waals surface area contributed by atoms with Crippen molar-refractivity contribution in [3.05, 3.63) is 12.2 Å². The highest BCUT2D eigenvalue weighted by molar-refractivity contribution is 4.97. The molecule has 0 amide bonds. The molecular formula is C26H46O. The second-order valence-electron chi connectivity index (χ2n) is 10.3. The van der Waals surface area contributed by atoms with Gasteiger partial charge >= 0.3 is 0 Å². The SMILES string of the molecule is CCCCCC1CCC(C=CC2CCC(C3CCC(CO)CC3)CC2)CC1. The first-order valence-corrected chi connectivity index (χ1v) is 12.6. The van der Waals surface area contributed by atoms with Crippen LogP contribution in [0.4, 0.5) is 0 Å². The minimum atomic E-state index is 0.422. The summed E-state index contributed by atoms with van der Waals surface area (Å²) in [7, 11) is 0. The Hall–Kier alpha value is -0.300. The van der Waals surface area contributed by atoms with E-state index in [2.05, 4.69) is 19.1 Å². The number of aliphatic hydroxyl groups is 1. The number of hydrogen-bond donors (Lipinski definition) is 1. The number of unbranched alkanes of at least 4 members (excludes halogenated alkanes) is 2. The van der Waals surface area contributed by atoms with Crippen molar-refractivity contribution in [2.24, 2.45) is 35.5 Å². The van der Waals surface area contributed by atoms with Crippen LogP contribution in [-0.4, -0.2) is 11.7 Å². The van der Waals surface area contributed by atoms with E-state index in [9.17, 15) is 5.11 Å². The summed E-state index contributed by atoms with van der Waals surface area (Å²) in [5.41, 5.74) is 0. The monoisotopic (exact) mass is 374 g/mol. The Morgan fingerprint density at radius 3 is 1.63 bits per heavy atom. The van der Waals surface area contributed by atoms with Crippen molar-refractivity contribution >= 4 is 0 Å². The summed E-state index contributed by atoms with van der Waals surface area (Å²) in [6.45, 7) is 2.74. The van der Waals surface area contributed by atoms with Gasteiger partial charge in [0.25, 0.3) is 0 Å². The van der Waals surface area contributed by atoms with Crippen molar-refractivity contribution in [3.8, 4) is 0 Å². The van der Waals surface area contributed by atoms with Crippen molar-refractivity contribution in [2.45, 2.75) is 110 Å². The zero-order chi connectivity index (χ0) is 18.9. The second kappa shape index (κ2) is 11.6. The summed E-state index contributed by atoms with van der Waals surface area (Å²) >= 11 is 0. The first-order valence-electron chi connectivity index (χ1n) is 12.6. The van der Waals surface area contributed by atoms with E-state index < -0.39 is 0 Å². The lowest BCUT2D eigenvalue weighted by Crippen LogP contribution is -2.26. The Kier molecular flexibility index (Phi) is 9.23. The molecule has 0 aromatic carbocycles. The van der Waals surface area contributed by atoms with Gasteiger partial charge in [-0.1, -0.05) is 44.8 Å². The molecule has 156 valence electrons. The lowest BCUT2D eigenvalue weighted by Gasteiger charge is -2.37. The van der Waals surface area contributed by atoms with Gasteiger partial charge in [-0.05, 0) is 113 Å². The summed E-state index contributed by atoms with van der Waals surface area (Å²) < 4.78 is 0. The number of allylic oxidation sites excluding steroid dienone is 2. The maximum absolute atomic E-state index is 9.34. The first-order chi connectivity index (χ1) is 13.3. The van der Waals surface area contributed by atoms with Crippen molar-refractivity contribution < 1.29 is 5.11 Å². The summed E-state index contributed by atoms with van der Waals surface area (Å²) in [5, 5.41) is 9.34. The Labute approximate surface area is 169 Å². The fraction of sp³-hybridized carbons (Fsp3) is 0.923. The molecule has 0 aromatic rings. The molecular weight excluding hydrogens is 328 g/mol. The van der Waals surface area contributed by atoms with E-state index in [1.807, 2.05) is 0 Å². The Morgan fingerprint density at radius 2 is 1.11 bits per heavy atom. The molecule has 3 fully saturated rings. The van der Waals surface area contributed by atoms with Gasteiger partial charge in [0.05, 0.1) is 0 Å². The van der Waals surface area contributed by atoms with Gasteiger partial charge in [-0.25, -0.2) is 0 Å². The molecule has 1 heteroatoms. The molecule has 0 aliphatic heterocycles. The quantitative estimate of drug-likeness (QED) is 0.344. The predicted octanol–water partition coefficient (Wildman–Crippen LogP) is 7.53. The van der Waals surface area contributed by atoms with Crippen LogP contribution in [0.5, 0.6) is 0 Å². The fourth-order valence-electron chi connectivity index (χ4n) is 6.32. The normalized spacial score (nSPS) is 38.3. The van der Waals surface area contributed by atoms with Crippen LogP contribution in [0.3, 0.4) is 0 Å². The smallest absolute Gasteiger partial charge is 0.0459 e. The van der Waals surface area contributed by atoms with Gasteiger partial charge in [-0.2, -0.15) is 0 Å². The molecule has 27 heavy (non-hydrogen) atoms. The first kappa shape index (κ1) is 21.4. The molecule has 3 aliphatic carbocycles. The van der Waals surface area contributed by atoms with E-state index in [1.54, 1.807) is 0 Å². The third-order valence-electron chi connectivity index (χ3n) is 8.40. The van der Waals surface area contributed by atoms with Crippen molar-refractivity contribution in [2.75, 3.05) is 6.61 Å². The van der Waals surface area contributed by atoms with Crippen LogP contribution >= 0.6 is 0 Å². The van der Waals surface area contributed by atoms with Gasteiger partial charge in [-0.15, -0.1) is 0 Å². The highest BCUT2D eigenvalue weighted by Crippen LogP contribution is 2.42. The van der Waals surface area contributed by atoms with Crippen LogP contribution in [0.25, 0.3) is 0 Å². The van der Waals surface area contributed by atoms with Crippen molar-refractivity contribution in [1.29, 1.82) is 0 Å². The molecule has 0 bridgehead atoms. The molecule has 3 rings (SSSR count). The third-order valence-corrected chi connectivity index (χ3v) is 8.40. The van der Waals surface area contributed by atoms with Gasteiger partial charge in [-0.3, -0.25) is 0 Å². The highest BCUT2D eigenvalue weighted by atomic mass is 16.3. The highest BCUT2D eigenvalue weighted by Gasteiger charge is 2.30. The Balaban J connectivity index is 1.30. The molecule has 0 saturated heterocycles. The molecule has 0 unspecified atom stereocenters. The molecule has 0 heterocycles. The lowest BCUT2D eigenvalue weighted by molar-refractivity contribution is 0.122. The maximum atomic E-state index is 9.34. The largest absolute Gasteiger partial charge is 0.396 e. The van der Waals surface area contributed by atoms with E-state index in [4.69, 9.17) is 0 Å². The summed E-state index contributed by atoms with van der Waals surface area (Å²) in [5.74, 6) is 5.38. The van der Waals surface area contributed by atoms with Crippen LogP contribution in [0.15, 0.2) is 12.2 Å². The summed E-state index contributed by atoms with van der Waals surface area (Å²) in [6, 6.07) is 0. The number of rotatable bonds is 8. The molecule has 0 aromatic heterocycles. The van der Waals surface area contributed by atoms with E-state index in [0.29, 0.717) is 12.5 Å². The molecule has 0 atom stereocenters. The average molecular weight is 375 g/mol. The zero-order valence-electron chi connectivity index (χ0n) is 18.1. The Bertz CT molecular complexity index is 404. The second-order valence-corrected chi connectivity index (χ2v) is 10.3. The van der Waals surface area contributed by atoms with Crippen LogP contribution < -0.4 is 0 Å². The topological polar surface area (TPSA) is 20.2 Å². The standard InChI is InChI=1S/C26H46O/c1-2-3-4-5-21-6-8-22(9-7-21)10-11-23-12-16-25(17-13-23)26-18-14-24(20-27)15-19-26/h10-11,21-27H,2-9,12-20H2,1H3. The van der Waals surface area contributed by atoms with Crippen LogP contribution in [0, 0.1) is 35.5 Å². The maximum Gasteiger partial charge on any atom is 0.0459 e. The zero-order valence-corrected chi connectivity index (χ0v) is 18.1. The summed E-state index contributed by atoms with van der Waals surface area (Å²) in [4.78, 5) is 0. The van der Waals surface area contributed by atoms with E-state index in [-0.39, 0.29) is 0 Å². The number of hydrogen-bond acceptors (Lipinski definition) is 1. The average Bonchev–Trinajstić information content (AvgIpc) is 2.74. The minimum absolute atomic E-state index is 0.422. The van der Waals surface area contributed by atoms with Gasteiger partial charge < -0.3 is 5.11 Å². The molecule has 3 aliphatic rings. The van der Waals surface area contributed by atoms with E-state index >= 15 is 0 Å².